The molecule has 0 spiro atoms. The number of hydrogen-bond donors (Lipinski definition) is 0. The molecule has 4 aliphatic heterocycles. The average Bonchev–Trinajstić information content (AvgIpc) is 2.38. The third kappa shape index (κ3) is 1.97. The van der Waals surface area contributed by atoms with Crippen molar-refractivity contribution >= 4 is 0 Å². The third-order valence-corrected chi connectivity index (χ3v) is 6.21. The second-order valence-corrected chi connectivity index (χ2v) is 7.68. The molecular weight excluding hydrogens is 236 g/mol. The van der Waals surface area contributed by atoms with Crippen molar-refractivity contribution in [3.63, 3.8) is 0 Å². The van der Waals surface area contributed by atoms with E-state index in [1.807, 2.05) is 0 Å². The molecule has 3 unspecified atom stereocenters. The van der Waals surface area contributed by atoms with E-state index in [-0.39, 0.29) is 0 Å². The van der Waals surface area contributed by atoms with Crippen molar-refractivity contribution in [3.05, 3.63) is 0 Å². The highest BCUT2D eigenvalue weighted by Gasteiger charge is 2.52. The Morgan fingerprint density at radius 2 is 2.00 bits per heavy atom. The summed E-state index contributed by atoms with van der Waals surface area (Å²) in [6, 6.07) is 2.25. The Bertz CT molecular complexity index is 339. The molecule has 0 aromatic carbocycles. The molecule has 3 atom stereocenters. The van der Waals surface area contributed by atoms with Crippen molar-refractivity contribution in [3.8, 4) is 0 Å². The van der Waals surface area contributed by atoms with Gasteiger partial charge in [-0.15, -0.1) is 0 Å². The number of nitrogens with zero attached hydrogens (tertiary/aromatic N) is 2. The van der Waals surface area contributed by atoms with E-state index in [4.69, 9.17) is 4.74 Å². The zero-order chi connectivity index (χ0) is 13.0. The first-order valence-corrected chi connectivity index (χ1v) is 8.27. The predicted molar refractivity (Wildman–Crippen MR) is 76.2 cm³/mol. The lowest BCUT2D eigenvalue weighted by molar-refractivity contribution is -0.160. The Morgan fingerprint density at radius 3 is 2.63 bits per heavy atom. The van der Waals surface area contributed by atoms with E-state index in [1.54, 1.807) is 0 Å². The van der Waals surface area contributed by atoms with Gasteiger partial charge in [0.1, 0.15) is 0 Å². The van der Waals surface area contributed by atoms with E-state index >= 15 is 0 Å². The standard InChI is InChI=1S/C16H28N2O/c1-3-17-8-13-6-16(7-13,11-17)5-12(2)18-14-4-15(18)10-19-9-14/h12-15H,3-11H2,1-2H3. The predicted octanol–water partition coefficient (Wildman–Crippen LogP) is 1.97. The van der Waals surface area contributed by atoms with Gasteiger partial charge in [0.25, 0.3) is 0 Å². The van der Waals surface area contributed by atoms with Gasteiger partial charge in [-0.05, 0) is 50.5 Å². The van der Waals surface area contributed by atoms with Gasteiger partial charge in [-0.3, -0.25) is 4.90 Å². The van der Waals surface area contributed by atoms with E-state index in [0.717, 1.165) is 37.3 Å². The van der Waals surface area contributed by atoms with Gasteiger partial charge in [0.15, 0.2) is 0 Å². The summed E-state index contributed by atoms with van der Waals surface area (Å²) in [6.07, 6.45) is 5.83. The van der Waals surface area contributed by atoms with E-state index in [0.29, 0.717) is 5.41 Å². The number of fused-ring (bicyclic) bond motifs is 4. The summed E-state index contributed by atoms with van der Waals surface area (Å²) in [4.78, 5) is 5.46. The van der Waals surface area contributed by atoms with Crippen LogP contribution in [0, 0.1) is 11.3 Å². The summed E-state index contributed by atoms with van der Waals surface area (Å²) in [5, 5.41) is 0. The van der Waals surface area contributed by atoms with Crippen LogP contribution in [0.15, 0.2) is 0 Å². The molecule has 3 heteroatoms. The summed E-state index contributed by atoms with van der Waals surface area (Å²) in [7, 11) is 0. The minimum Gasteiger partial charge on any atom is -0.378 e. The van der Waals surface area contributed by atoms with Crippen LogP contribution in [0.5, 0.6) is 0 Å². The molecule has 1 saturated carbocycles. The van der Waals surface area contributed by atoms with Crippen LogP contribution in [0.3, 0.4) is 0 Å². The van der Waals surface area contributed by atoms with Crippen LogP contribution in [0.2, 0.25) is 0 Å². The first-order chi connectivity index (χ1) is 9.19. The molecule has 5 rings (SSSR count). The van der Waals surface area contributed by atoms with Gasteiger partial charge in [-0.2, -0.15) is 0 Å². The summed E-state index contributed by atoms with van der Waals surface area (Å²) in [5.41, 5.74) is 0.670. The molecule has 4 saturated heterocycles. The lowest BCUT2D eigenvalue weighted by Crippen LogP contribution is -2.67. The first-order valence-electron chi connectivity index (χ1n) is 8.27. The van der Waals surface area contributed by atoms with Crippen LogP contribution in [0.25, 0.3) is 0 Å². The molecule has 0 aromatic heterocycles. The first kappa shape index (κ1) is 12.6. The zero-order valence-corrected chi connectivity index (χ0v) is 12.5. The van der Waals surface area contributed by atoms with E-state index < -0.39 is 0 Å². The fourth-order valence-electron chi connectivity index (χ4n) is 5.62. The number of hydrogen-bond acceptors (Lipinski definition) is 3. The Hall–Kier alpha value is -0.120. The molecule has 108 valence electrons. The highest BCUT2D eigenvalue weighted by Crippen LogP contribution is 2.54. The maximum Gasteiger partial charge on any atom is 0.0623 e. The van der Waals surface area contributed by atoms with Gasteiger partial charge >= 0.3 is 0 Å². The van der Waals surface area contributed by atoms with Crippen LogP contribution in [0.1, 0.15) is 39.5 Å². The molecule has 4 heterocycles. The molecule has 3 nitrogen and oxygen atoms in total. The van der Waals surface area contributed by atoms with Crippen LogP contribution >= 0.6 is 0 Å². The minimum absolute atomic E-state index is 0.670. The molecule has 4 bridgehead atoms. The normalized spacial score (nSPS) is 47.4. The van der Waals surface area contributed by atoms with Gasteiger partial charge in [0, 0.05) is 31.2 Å². The SMILES string of the molecule is CCN1CC2CC(CC(C)N3C4COCC3C4)(C2)C1. The molecule has 19 heavy (non-hydrogen) atoms. The molecule has 0 amide bonds. The fourth-order valence-corrected chi connectivity index (χ4v) is 5.62. The Morgan fingerprint density at radius 1 is 1.26 bits per heavy atom. The number of ether oxygens (including phenoxy) is 1. The highest BCUT2D eigenvalue weighted by atomic mass is 16.5. The summed E-state index contributed by atoms with van der Waals surface area (Å²) in [6.45, 7) is 10.7. The van der Waals surface area contributed by atoms with Crippen molar-refractivity contribution < 1.29 is 4.74 Å². The number of piperidine rings is 2. The van der Waals surface area contributed by atoms with Crippen LogP contribution in [0.4, 0.5) is 0 Å². The average molecular weight is 264 g/mol. The van der Waals surface area contributed by atoms with Crippen LogP contribution in [-0.4, -0.2) is 60.8 Å². The van der Waals surface area contributed by atoms with Crippen molar-refractivity contribution in [2.45, 2.75) is 57.7 Å². The van der Waals surface area contributed by atoms with Crippen molar-refractivity contribution in [1.29, 1.82) is 0 Å². The molecule has 5 aliphatic rings. The van der Waals surface area contributed by atoms with E-state index in [1.165, 1.54) is 45.3 Å². The van der Waals surface area contributed by atoms with Gasteiger partial charge in [0.05, 0.1) is 13.2 Å². The second-order valence-electron chi connectivity index (χ2n) is 7.68. The van der Waals surface area contributed by atoms with Crippen LogP contribution < -0.4 is 0 Å². The summed E-state index contributed by atoms with van der Waals surface area (Å²) >= 11 is 0. The third-order valence-electron chi connectivity index (χ3n) is 6.21. The molecule has 0 N–H and O–H groups in total. The largest absolute Gasteiger partial charge is 0.378 e. The number of rotatable bonds is 4. The topological polar surface area (TPSA) is 15.7 Å². The van der Waals surface area contributed by atoms with Gasteiger partial charge < -0.3 is 9.64 Å². The van der Waals surface area contributed by atoms with Gasteiger partial charge in [-0.25, -0.2) is 0 Å². The molecule has 0 aromatic rings. The smallest absolute Gasteiger partial charge is 0.0623 e. The maximum absolute atomic E-state index is 5.62. The minimum atomic E-state index is 0.670. The maximum atomic E-state index is 5.62. The second kappa shape index (κ2) is 4.44. The lowest BCUT2D eigenvalue weighted by atomic mass is 9.56. The van der Waals surface area contributed by atoms with E-state index in [2.05, 4.69) is 23.6 Å². The van der Waals surface area contributed by atoms with Crippen molar-refractivity contribution in [1.82, 2.24) is 9.80 Å². The Labute approximate surface area is 117 Å². The monoisotopic (exact) mass is 264 g/mol. The quantitative estimate of drug-likeness (QED) is 0.772. The van der Waals surface area contributed by atoms with Gasteiger partial charge in [0.2, 0.25) is 0 Å². The lowest BCUT2D eigenvalue weighted by Gasteiger charge is -2.61. The molecular formula is C16H28N2O. The number of morpholine rings is 1. The zero-order valence-electron chi connectivity index (χ0n) is 12.5. The van der Waals surface area contributed by atoms with E-state index in [9.17, 15) is 0 Å². The van der Waals surface area contributed by atoms with Crippen molar-refractivity contribution in [2.75, 3.05) is 32.8 Å². The van der Waals surface area contributed by atoms with Gasteiger partial charge in [-0.1, -0.05) is 6.92 Å². The molecule has 1 aliphatic carbocycles. The molecule has 0 radical (unpaired) electrons. The summed E-state index contributed by atoms with van der Waals surface area (Å²) in [5.74, 6) is 1.01. The fraction of sp³-hybridized carbons (Fsp3) is 1.00. The molecule has 5 fully saturated rings. The van der Waals surface area contributed by atoms with Crippen molar-refractivity contribution in [2.24, 2.45) is 11.3 Å². The Balaban J connectivity index is 1.39. The highest BCUT2D eigenvalue weighted by molar-refractivity contribution is 5.05. The summed E-state index contributed by atoms with van der Waals surface area (Å²) < 4.78 is 5.62. The van der Waals surface area contributed by atoms with Crippen LogP contribution in [-0.2, 0) is 4.74 Å². The Kier molecular flexibility index (Phi) is 2.95.